The highest BCUT2D eigenvalue weighted by Crippen LogP contribution is 2.09. The van der Waals surface area contributed by atoms with E-state index >= 15 is 0 Å². The minimum Gasteiger partial charge on any atom is -0.455 e. The van der Waals surface area contributed by atoms with Crippen LogP contribution >= 0.6 is 0 Å². The van der Waals surface area contributed by atoms with Gasteiger partial charge in [0.05, 0.1) is 11.9 Å². The Labute approximate surface area is 83.3 Å². The summed E-state index contributed by atoms with van der Waals surface area (Å²) in [5, 5.41) is 0. The number of esters is 1. The quantitative estimate of drug-likeness (QED) is 0.639. The summed E-state index contributed by atoms with van der Waals surface area (Å²) >= 11 is 0. The molecule has 0 aliphatic heterocycles. The summed E-state index contributed by atoms with van der Waals surface area (Å²) in [6.07, 6.45) is 2.96. The molecule has 1 heterocycles. The molecule has 14 heavy (non-hydrogen) atoms. The molecule has 0 N–H and O–H groups in total. The molecule has 1 aromatic rings. The number of hydrogen-bond acceptors (Lipinski definition) is 4. The van der Waals surface area contributed by atoms with Crippen molar-refractivity contribution in [2.75, 3.05) is 0 Å². The number of carbonyl (C=O) groups is 1. The number of nitrogens with zero attached hydrogens (tertiary/aromatic N) is 2. The maximum atomic E-state index is 11.4. The molecule has 0 fully saturated rings. The van der Waals surface area contributed by atoms with E-state index < -0.39 is 11.6 Å². The molecule has 0 aliphatic rings. The normalized spacial score (nSPS) is 11.1. The Bertz CT molecular complexity index is 325. The SMILES string of the molecule is Cc1cnc(C(=O)OC(C)(C)C)cn1. The fourth-order valence-corrected chi connectivity index (χ4v) is 0.828. The molecule has 4 nitrogen and oxygen atoms in total. The van der Waals surface area contributed by atoms with E-state index in [4.69, 9.17) is 4.74 Å². The van der Waals surface area contributed by atoms with Gasteiger partial charge in [-0.3, -0.25) is 4.98 Å². The molecule has 0 aromatic carbocycles. The first-order chi connectivity index (χ1) is 6.38. The Hall–Kier alpha value is -1.45. The summed E-state index contributed by atoms with van der Waals surface area (Å²) in [5.41, 5.74) is 0.520. The predicted octanol–water partition coefficient (Wildman–Crippen LogP) is 1.74. The van der Waals surface area contributed by atoms with Crippen LogP contribution in [0.2, 0.25) is 0 Å². The summed E-state index contributed by atoms with van der Waals surface area (Å²) in [7, 11) is 0. The third-order valence-electron chi connectivity index (χ3n) is 1.39. The van der Waals surface area contributed by atoms with E-state index in [2.05, 4.69) is 9.97 Å². The van der Waals surface area contributed by atoms with Gasteiger partial charge in [0.25, 0.3) is 0 Å². The molecule has 0 saturated carbocycles. The number of aryl methyl sites for hydroxylation is 1. The highest BCUT2D eigenvalue weighted by atomic mass is 16.6. The molecule has 0 atom stereocenters. The summed E-state index contributed by atoms with van der Waals surface area (Å²) in [4.78, 5) is 19.3. The van der Waals surface area contributed by atoms with E-state index in [1.54, 1.807) is 6.20 Å². The largest absolute Gasteiger partial charge is 0.455 e. The topological polar surface area (TPSA) is 52.1 Å². The van der Waals surface area contributed by atoms with Gasteiger partial charge in [-0.2, -0.15) is 0 Å². The van der Waals surface area contributed by atoms with Crippen LogP contribution in [0.5, 0.6) is 0 Å². The number of carbonyl (C=O) groups excluding carboxylic acids is 1. The molecule has 0 amide bonds. The lowest BCUT2D eigenvalue weighted by Crippen LogP contribution is -2.24. The zero-order valence-corrected chi connectivity index (χ0v) is 8.87. The van der Waals surface area contributed by atoms with Crippen LogP contribution in [0.3, 0.4) is 0 Å². The van der Waals surface area contributed by atoms with Gasteiger partial charge in [-0.25, -0.2) is 9.78 Å². The lowest BCUT2D eigenvalue weighted by atomic mass is 10.2. The van der Waals surface area contributed by atoms with E-state index in [9.17, 15) is 4.79 Å². The first-order valence-corrected chi connectivity index (χ1v) is 4.40. The lowest BCUT2D eigenvalue weighted by Gasteiger charge is -2.18. The Balaban J connectivity index is 2.76. The average Bonchev–Trinajstić information content (AvgIpc) is 2.02. The Morgan fingerprint density at radius 2 is 1.93 bits per heavy atom. The van der Waals surface area contributed by atoms with Gasteiger partial charge < -0.3 is 4.74 Å². The molecular formula is C10H14N2O2. The van der Waals surface area contributed by atoms with Crippen molar-refractivity contribution in [3.63, 3.8) is 0 Å². The van der Waals surface area contributed by atoms with Gasteiger partial charge in [0.2, 0.25) is 0 Å². The molecule has 0 unspecified atom stereocenters. The van der Waals surface area contributed by atoms with Crippen molar-refractivity contribution in [2.45, 2.75) is 33.3 Å². The highest BCUT2D eigenvalue weighted by Gasteiger charge is 2.18. The number of rotatable bonds is 1. The van der Waals surface area contributed by atoms with Crippen LogP contribution < -0.4 is 0 Å². The second-order valence-corrected chi connectivity index (χ2v) is 4.04. The molecule has 0 radical (unpaired) electrons. The minimum atomic E-state index is -0.496. The third-order valence-corrected chi connectivity index (χ3v) is 1.39. The minimum absolute atomic E-state index is 0.241. The maximum Gasteiger partial charge on any atom is 0.359 e. The van der Waals surface area contributed by atoms with Crippen molar-refractivity contribution in [1.82, 2.24) is 9.97 Å². The van der Waals surface area contributed by atoms with E-state index in [0.29, 0.717) is 0 Å². The fourth-order valence-electron chi connectivity index (χ4n) is 0.828. The van der Waals surface area contributed by atoms with E-state index in [0.717, 1.165) is 5.69 Å². The molecule has 0 aliphatic carbocycles. The van der Waals surface area contributed by atoms with Crippen molar-refractivity contribution < 1.29 is 9.53 Å². The number of ether oxygens (including phenoxy) is 1. The fraction of sp³-hybridized carbons (Fsp3) is 0.500. The number of aromatic nitrogens is 2. The molecule has 76 valence electrons. The Morgan fingerprint density at radius 1 is 1.29 bits per heavy atom. The molecule has 0 bridgehead atoms. The van der Waals surface area contributed by atoms with Crippen LogP contribution in [0, 0.1) is 6.92 Å². The Morgan fingerprint density at radius 3 is 2.36 bits per heavy atom. The van der Waals surface area contributed by atoms with Crippen LogP contribution in [-0.2, 0) is 4.74 Å². The monoisotopic (exact) mass is 194 g/mol. The summed E-state index contributed by atoms with van der Waals surface area (Å²) < 4.78 is 5.12. The van der Waals surface area contributed by atoms with Crippen molar-refractivity contribution in [3.05, 3.63) is 23.8 Å². The predicted molar refractivity (Wildman–Crippen MR) is 51.9 cm³/mol. The molecule has 1 rings (SSSR count). The summed E-state index contributed by atoms with van der Waals surface area (Å²) in [5.74, 6) is -0.440. The van der Waals surface area contributed by atoms with Crippen molar-refractivity contribution >= 4 is 5.97 Å². The van der Waals surface area contributed by atoms with E-state index in [-0.39, 0.29) is 5.69 Å². The van der Waals surface area contributed by atoms with Crippen LogP contribution in [0.1, 0.15) is 37.0 Å². The van der Waals surface area contributed by atoms with E-state index in [1.165, 1.54) is 6.20 Å². The second-order valence-electron chi connectivity index (χ2n) is 4.04. The van der Waals surface area contributed by atoms with Crippen LogP contribution in [0.4, 0.5) is 0 Å². The van der Waals surface area contributed by atoms with Gasteiger partial charge in [-0.15, -0.1) is 0 Å². The van der Waals surface area contributed by atoms with Crippen LogP contribution in [0.25, 0.3) is 0 Å². The smallest absolute Gasteiger partial charge is 0.359 e. The van der Waals surface area contributed by atoms with Crippen LogP contribution in [-0.4, -0.2) is 21.5 Å². The van der Waals surface area contributed by atoms with Gasteiger partial charge in [-0.05, 0) is 27.7 Å². The van der Waals surface area contributed by atoms with Crippen molar-refractivity contribution in [3.8, 4) is 0 Å². The van der Waals surface area contributed by atoms with Crippen molar-refractivity contribution in [1.29, 1.82) is 0 Å². The zero-order valence-electron chi connectivity index (χ0n) is 8.87. The third kappa shape index (κ3) is 3.12. The first-order valence-electron chi connectivity index (χ1n) is 4.40. The van der Waals surface area contributed by atoms with Gasteiger partial charge in [-0.1, -0.05) is 0 Å². The Kier molecular flexibility index (Phi) is 2.84. The highest BCUT2D eigenvalue weighted by molar-refractivity contribution is 5.87. The van der Waals surface area contributed by atoms with Crippen LogP contribution in [0.15, 0.2) is 12.4 Å². The molecule has 4 heteroatoms. The van der Waals surface area contributed by atoms with Crippen molar-refractivity contribution in [2.24, 2.45) is 0 Å². The summed E-state index contributed by atoms with van der Waals surface area (Å²) in [6.45, 7) is 7.25. The average molecular weight is 194 g/mol. The first kappa shape index (κ1) is 10.6. The van der Waals surface area contributed by atoms with E-state index in [1.807, 2.05) is 27.7 Å². The molecular weight excluding hydrogens is 180 g/mol. The second kappa shape index (κ2) is 3.74. The maximum absolute atomic E-state index is 11.4. The molecule has 0 spiro atoms. The van der Waals surface area contributed by atoms with Gasteiger partial charge in [0, 0.05) is 6.20 Å². The molecule has 1 aromatic heterocycles. The van der Waals surface area contributed by atoms with Gasteiger partial charge in [0.15, 0.2) is 5.69 Å². The number of hydrogen-bond donors (Lipinski definition) is 0. The lowest BCUT2D eigenvalue weighted by molar-refractivity contribution is 0.00623. The zero-order chi connectivity index (χ0) is 10.8. The van der Waals surface area contributed by atoms with Gasteiger partial charge in [0.1, 0.15) is 5.60 Å². The van der Waals surface area contributed by atoms with Gasteiger partial charge >= 0.3 is 5.97 Å². The molecule has 0 saturated heterocycles. The standard InChI is InChI=1S/C10H14N2O2/c1-7-5-12-8(6-11-7)9(13)14-10(2,3)4/h5-6H,1-4H3. The summed E-state index contributed by atoms with van der Waals surface area (Å²) in [6, 6.07) is 0.